The molecule has 5 heteroatoms. The van der Waals surface area contributed by atoms with E-state index in [9.17, 15) is 9.59 Å². The Morgan fingerprint density at radius 1 is 1.26 bits per heavy atom. The van der Waals surface area contributed by atoms with Gasteiger partial charge in [0.2, 0.25) is 5.91 Å². The monoisotopic (exact) mass is 319 g/mol. The lowest BCUT2D eigenvalue weighted by molar-refractivity contribution is -0.152. The number of hydrogen-bond donors (Lipinski definition) is 2. The van der Waals surface area contributed by atoms with Gasteiger partial charge in [0.15, 0.2) is 0 Å². The minimum atomic E-state index is -0.886. The maximum absolute atomic E-state index is 12.2. The van der Waals surface area contributed by atoms with Crippen molar-refractivity contribution in [2.75, 3.05) is 0 Å². The van der Waals surface area contributed by atoms with Gasteiger partial charge in [-0.05, 0) is 52.2 Å². The zero-order valence-corrected chi connectivity index (χ0v) is 14.2. The molecule has 2 rings (SSSR count). The average Bonchev–Trinajstić information content (AvgIpc) is 2.33. The predicted octanol–water partition coefficient (Wildman–Crippen LogP) is 2.90. The number of carboxylic acid groups (broad SMARTS) is 1. The molecule has 126 valence electrons. The molecule has 2 atom stereocenters. The van der Waals surface area contributed by atoms with Crippen molar-refractivity contribution in [3.63, 3.8) is 0 Å². The molecule has 0 bridgehead atoms. The topological polar surface area (TPSA) is 75.6 Å². The highest BCUT2D eigenvalue weighted by atomic mass is 16.5. The van der Waals surface area contributed by atoms with Crippen molar-refractivity contribution in [2.45, 2.75) is 52.7 Å². The van der Waals surface area contributed by atoms with Crippen molar-refractivity contribution in [1.29, 1.82) is 0 Å². The summed E-state index contributed by atoms with van der Waals surface area (Å²) in [6, 6.07) is 5.86. The van der Waals surface area contributed by atoms with Gasteiger partial charge in [0.25, 0.3) is 0 Å². The maximum Gasteiger partial charge on any atom is 0.307 e. The van der Waals surface area contributed by atoms with Crippen LogP contribution in [0.25, 0.3) is 0 Å². The molecule has 0 aromatic heterocycles. The first-order valence-corrected chi connectivity index (χ1v) is 7.96. The van der Waals surface area contributed by atoms with Gasteiger partial charge in [0.1, 0.15) is 11.4 Å². The number of carboxylic acids is 1. The standard InChI is InChI=1S/C18H25NO4/c1-11-5-6-12(15(9-11)23-18(2,3)4)10-19-16(20)13-7-8-14(13)17(21)22/h5-6,9,13-14H,7-8,10H2,1-4H3,(H,19,20)(H,21,22). The summed E-state index contributed by atoms with van der Waals surface area (Å²) in [5, 5.41) is 11.9. The van der Waals surface area contributed by atoms with Crippen molar-refractivity contribution in [1.82, 2.24) is 5.32 Å². The van der Waals surface area contributed by atoms with Crippen LogP contribution in [0.1, 0.15) is 44.7 Å². The molecular formula is C18H25NO4. The molecular weight excluding hydrogens is 294 g/mol. The second-order valence-corrected chi connectivity index (χ2v) is 7.17. The van der Waals surface area contributed by atoms with Crippen LogP contribution in [-0.2, 0) is 16.1 Å². The van der Waals surface area contributed by atoms with Gasteiger partial charge in [-0.2, -0.15) is 0 Å². The van der Waals surface area contributed by atoms with Gasteiger partial charge in [-0.1, -0.05) is 12.1 Å². The Morgan fingerprint density at radius 2 is 1.91 bits per heavy atom. The molecule has 0 spiro atoms. The van der Waals surface area contributed by atoms with Gasteiger partial charge in [-0.25, -0.2) is 0 Å². The third-order valence-electron chi connectivity index (χ3n) is 4.02. The number of nitrogens with one attached hydrogen (secondary N) is 1. The Hall–Kier alpha value is -2.04. The zero-order valence-electron chi connectivity index (χ0n) is 14.2. The van der Waals surface area contributed by atoms with Crippen LogP contribution in [0.5, 0.6) is 5.75 Å². The van der Waals surface area contributed by atoms with E-state index in [4.69, 9.17) is 9.84 Å². The molecule has 1 aliphatic rings. The first kappa shape index (κ1) is 17.3. The van der Waals surface area contributed by atoms with E-state index >= 15 is 0 Å². The molecule has 0 aliphatic heterocycles. The number of hydrogen-bond acceptors (Lipinski definition) is 3. The quantitative estimate of drug-likeness (QED) is 0.875. The third-order valence-corrected chi connectivity index (χ3v) is 4.02. The molecule has 0 saturated heterocycles. The van der Waals surface area contributed by atoms with Crippen LogP contribution in [0.3, 0.4) is 0 Å². The Labute approximate surface area is 137 Å². The summed E-state index contributed by atoms with van der Waals surface area (Å²) in [7, 11) is 0. The fourth-order valence-electron chi connectivity index (χ4n) is 2.66. The molecule has 1 aliphatic carbocycles. The molecule has 2 N–H and O–H groups in total. The minimum Gasteiger partial charge on any atom is -0.488 e. The van der Waals surface area contributed by atoms with Crippen molar-refractivity contribution >= 4 is 11.9 Å². The van der Waals surface area contributed by atoms with Crippen LogP contribution in [0.4, 0.5) is 0 Å². The van der Waals surface area contributed by atoms with Crippen molar-refractivity contribution in [2.24, 2.45) is 11.8 Å². The van der Waals surface area contributed by atoms with Crippen LogP contribution < -0.4 is 10.1 Å². The molecule has 1 aromatic rings. The third kappa shape index (κ3) is 4.47. The van der Waals surface area contributed by atoms with Crippen LogP contribution in [0.2, 0.25) is 0 Å². The first-order valence-electron chi connectivity index (χ1n) is 7.96. The Kier molecular flexibility index (Phi) is 4.97. The van der Waals surface area contributed by atoms with Gasteiger partial charge < -0.3 is 15.2 Å². The molecule has 1 saturated carbocycles. The van der Waals surface area contributed by atoms with E-state index in [1.54, 1.807) is 0 Å². The lowest BCUT2D eigenvalue weighted by Gasteiger charge is -2.32. The van der Waals surface area contributed by atoms with E-state index in [1.165, 1.54) is 0 Å². The number of carbonyl (C=O) groups is 2. The molecule has 0 heterocycles. The lowest BCUT2D eigenvalue weighted by atomic mass is 9.73. The van der Waals surface area contributed by atoms with Gasteiger partial charge >= 0.3 is 5.97 Å². The number of aryl methyl sites for hydroxylation is 1. The summed E-state index contributed by atoms with van der Waals surface area (Å²) < 4.78 is 5.96. The summed E-state index contributed by atoms with van der Waals surface area (Å²) in [6.07, 6.45) is 1.22. The zero-order chi connectivity index (χ0) is 17.2. The Bertz CT molecular complexity index is 604. The summed E-state index contributed by atoms with van der Waals surface area (Å²) in [4.78, 5) is 23.2. The van der Waals surface area contributed by atoms with Gasteiger partial charge in [-0.3, -0.25) is 9.59 Å². The largest absolute Gasteiger partial charge is 0.488 e. The predicted molar refractivity (Wildman–Crippen MR) is 87.3 cm³/mol. The van der Waals surface area contributed by atoms with Crippen molar-refractivity contribution < 1.29 is 19.4 Å². The van der Waals surface area contributed by atoms with Crippen LogP contribution in [-0.4, -0.2) is 22.6 Å². The van der Waals surface area contributed by atoms with Crippen molar-refractivity contribution in [3.8, 4) is 5.75 Å². The lowest BCUT2D eigenvalue weighted by Crippen LogP contribution is -2.43. The van der Waals surface area contributed by atoms with Crippen molar-refractivity contribution in [3.05, 3.63) is 29.3 Å². The number of aliphatic carboxylic acids is 1. The summed E-state index contributed by atoms with van der Waals surface area (Å²) in [5.41, 5.74) is 1.66. The average molecular weight is 319 g/mol. The summed E-state index contributed by atoms with van der Waals surface area (Å²) in [6.45, 7) is 8.26. The highest BCUT2D eigenvalue weighted by Crippen LogP contribution is 2.34. The maximum atomic E-state index is 12.2. The summed E-state index contributed by atoms with van der Waals surface area (Å²) >= 11 is 0. The van der Waals surface area contributed by atoms with Gasteiger partial charge in [0.05, 0.1) is 11.8 Å². The van der Waals surface area contributed by atoms with Crippen LogP contribution in [0.15, 0.2) is 18.2 Å². The normalized spacial score (nSPS) is 20.5. The number of carbonyl (C=O) groups excluding carboxylic acids is 1. The highest BCUT2D eigenvalue weighted by molar-refractivity contribution is 5.86. The molecule has 5 nitrogen and oxygen atoms in total. The smallest absolute Gasteiger partial charge is 0.307 e. The van der Waals surface area contributed by atoms with Gasteiger partial charge in [0, 0.05) is 12.1 Å². The Balaban J connectivity index is 2.03. The number of benzene rings is 1. The van der Waals surface area contributed by atoms with Gasteiger partial charge in [-0.15, -0.1) is 0 Å². The molecule has 23 heavy (non-hydrogen) atoms. The van der Waals surface area contributed by atoms with Crippen LogP contribution in [0, 0.1) is 18.8 Å². The molecule has 1 amide bonds. The van der Waals surface area contributed by atoms with E-state index in [1.807, 2.05) is 45.9 Å². The number of amides is 1. The highest BCUT2D eigenvalue weighted by Gasteiger charge is 2.41. The number of rotatable bonds is 5. The summed E-state index contributed by atoms with van der Waals surface area (Å²) in [5.74, 6) is -1.28. The van der Waals surface area contributed by atoms with E-state index in [0.29, 0.717) is 19.4 Å². The van der Waals surface area contributed by atoms with E-state index in [-0.39, 0.29) is 11.5 Å². The fraction of sp³-hybridized carbons (Fsp3) is 0.556. The second kappa shape index (κ2) is 6.60. The van der Waals surface area contributed by atoms with E-state index in [2.05, 4.69) is 5.32 Å². The fourth-order valence-corrected chi connectivity index (χ4v) is 2.66. The molecule has 1 fully saturated rings. The molecule has 0 radical (unpaired) electrons. The molecule has 1 aromatic carbocycles. The first-order chi connectivity index (χ1) is 10.7. The number of ether oxygens (including phenoxy) is 1. The van der Waals surface area contributed by atoms with Crippen LogP contribution >= 0.6 is 0 Å². The van der Waals surface area contributed by atoms with E-state index in [0.717, 1.165) is 16.9 Å². The minimum absolute atomic E-state index is 0.189. The SMILES string of the molecule is Cc1ccc(CNC(=O)C2CCC2C(=O)O)c(OC(C)(C)C)c1. The Morgan fingerprint density at radius 3 is 2.43 bits per heavy atom. The molecule has 2 unspecified atom stereocenters. The van der Waals surface area contributed by atoms with E-state index < -0.39 is 17.8 Å². The second-order valence-electron chi connectivity index (χ2n) is 7.17.